The number of carboxylic acid groups (broad SMARTS) is 1. The standard InChI is InChI=1S/C18H17NO3/c1-18(2)11-22-16(19-18)15-6-4-3-5-14(15)12-7-9-13(10-8-12)17(20)21/h3-10H,11H2,1-2H3,(H,20,21). The second-order valence-electron chi connectivity index (χ2n) is 5.95. The summed E-state index contributed by atoms with van der Waals surface area (Å²) in [6, 6.07) is 14.7. The highest BCUT2D eigenvalue weighted by Crippen LogP contribution is 2.28. The first kappa shape index (κ1) is 14.3. The molecule has 0 saturated carbocycles. The molecule has 0 unspecified atom stereocenters. The molecule has 0 radical (unpaired) electrons. The Morgan fingerprint density at radius 3 is 2.27 bits per heavy atom. The molecular formula is C18H17NO3. The van der Waals surface area contributed by atoms with Gasteiger partial charge in [0.1, 0.15) is 6.61 Å². The molecule has 2 aromatic carbocycles. The maximum absolute atomic E-state index is 11.0. The Labute approximate surface area is 129 Å². The van der Waals surface area contributed by atoms with Crippen LogP contribution in [0.3, 0.4) is 0 Å². The SMILES string of the molecule is CC1(C)COC(c2ccccc2-c2ccc(C(=O)O)cc2)=N1. The third kappa shape index (κ3) is 2.72. The van der Waals surface area contributed by atoms with E-state index in [-0.39, 0.29) is 11.1 Å². The Morgan fingerprint density at radius 1 is 1.09 bits per heavy atom. The predicted octanol–water partition coefficient (Wildman–Crippen LogP) is 3.61. The van der Waals surface area contributed by atoms with Crippen LogP contribution in [0.4, 0.5) is 0 Å². The first-order valence-electron chi connectivity index (χ1n) is 7.12. The molecule has 0 fully saturated rings. The van der Waals surface area contributed by atoms with E-state index < -0.39 is 5.97 Å². The summed E-state index contributed by atoms with van der Waals surface area (Å²) < 4.78 is 5.73. The van der Waals surface area contributed by atoms with E-state index in [1.54, 1.807) is 12.1 Å². The van der Waals surface area contributed by atoms with Crippen LogP contribution in [0.5, 0.6) is 0 Å². The van der Waals surface area contributed by atoms with Gasteiger partial charge in [-0.1, -0.05) is 30.3 Å². The first-order chi connectivity index (χ1) is 10.5. The number of hydrogen-bond acceptors (Lipinski definition) is 3. The van der Waals surface area contributed by atoms with Gasteiger partial charge in [0.15, 0.2) is 0 Å². The Morgan fingerprint density at radius 2 is 1.73 bits per heavy atom. The molecule has 0 aliphatic carbocycles. The normalized spacial score (nSPS) is 16.0. The van der Waals surface area contributed by atoms with Crippen LogP contribution < -0.4 is 0 Å². The van der Waals surface area contributed by atoms with Crippen molar-refractivity contribution in [2.24, 2.45) is 4.99 Å². The van der Waals surface area contributed by atoms with Crippen molar-refractivity contribution in [2.45, 2.75) is 19.4 Å². The molecular weight excluding hydrogens is 278 g/mol. The van der Waals surface area contributed by atoms with Gasteiger partial charge in [-0.25, -0.2) is 9.79 Å². The van der Waals surface area contributed by atoms with Gasteiger partial charge in [0.05, 0.1) is 11.1 Å². The van der Waals surface area contributed by atoms with Crippen LogP contribution >= 0.6 is 0 Å². The summed E-state index contributed by atoms with van der Waals surface area (Å²) in [7, 11) is 0. The van der Waals surface area contributed by atoms with Crippen LogP contribution in [0, 0.1) is 0 Å². The highest BCUT2D eigenvalue weighted by Gasteiger charge is 2.28. The van der Waals surface area contributed by atoms with Crippen LogP contribution in [0.15, 0.2) is 53.5 Å². The first-order valence-corrected chi connectivity index (χ1v) is 7.12. The Hall–Kier alpha value is -2.62. The van der Waals surface area contributed by atoms with Gasteiger partial charge in [0.2, 0.25) is 5.90 Å². The lowest BCUT2D eigenvalue weighted by atomic mass is 9.98. The van der Waals surface area contributed by atoms with Gasteiger partial charge in [0, 0.05) is 5.56 Å². The summed E-state index contributed by atoms with van der Waals surface area (Å²) in [6.45, 7) is 4.63. The van der Waals surface area contributed by atoms with Crippen LogP contribution in [0.1, 0.15) is 29.8 Å². The van der Waals surface area contributed by atoms with Gasteiger partial charge in [-0.2, -0.15) is 0 Å². The minimum atomic E-state index is -0.926. The highest BCUT2D eigenvalue weighted by atomic mass is 16.5. The van der Waals surface area contributed by atoms with E-state index in [9.17, 15) is 4.79 Å². The van der Waals surface area contributed by atoms with E-state index in [0.717, 1.165) is 16.7 Å². The van der Waals surface area contributed by atoms with Crippen molar-refractivity contribution in [1.82, 2.24) is 0 Å². The summed E-state index contributed by atoms with van der Waals surface area (Å²) in [6.07, 6.45) is 0. The summed E-state index contributed by atoms with van der Waals surface area (Å²) in [4.78, 5) is 15.6. The van der Waals surface area contributed by atoms with Crippen LogP contribution in [0.25, 0.3) is 11.1 Å². The third-order valence-electron chi connectivity index (χ3n) is 3.57. The molecule has 0 bridgehead atoms. The van der Waals surface area contributed by atoms with Crippen LogP contribution in [0.2, 0.25) is 0 Å². The van der Waals surface area contributed by atoms with E-state index >= 15 is 0 Å². The van der Waals surface area contributed by atoms with E-state index in [4.69, 9.17) is 9.84 Å². The van der Waals surface area contributed by atoms with Crippen molar-refractivity contribution in [3.63, 3.8) is 0 Å². The van der Waals surface area contributed by atoms with E-state index in [2.05, 4.69) is 4.99 Å². The van der Waals surface area contributed by atoms with Crippen molar-refractivity contribution in [1.29, 1.82) is 0 Å². The van der Waals surface area contributed by atoms with Crippen LogP contribution in [-0.2, 0) is 4.74 Å². The van der Waals surface area contributed by atoms with Crippen LogP contribution in [-0.4, -0.2) is 29.1 Å². The van der Waals surface area contributed by atoms with E-state index in [0.29, 0.717) is 12.5 Å². The molecule has 1 aliphatic heterocycles. The molecule has 0 spiro atoms. The average Bonchev–Trinajstić information content (AvgIpc) is 2.87. The van der Waals surface area contributed by atoms with Gasteiger partial charge in [-0.05, 0) is 43.2 Å². The Balaban J connectivity index is 2.04. The van der Waals surface area contributed by atoms with Gasteiger partial charge in [0.25, 0.3) is 0 Å². The van der Waals surface area contributed by atoms with Gasteiger partial charge in [-0.3, -0.25) is 0 Å². The number of rotatable bonds is 3. The fourth-order valence-electron chi connectivity index (χ4n) is 2.44. The second-order valence-corrected chi connectivity index (χ2v) is 5.95. The summed E-state index contributed by atoms with van der Waals surface area (Å²) in [5.74, 6) is -0.284. The minimum Gasteiger partial charge on any atom is -0.478 e. The number of ether oxygens (including phenoxy) is 1. The van der Waals surface area contributed by atoms with Crippen molar-refractivity contribution in [3.05, 3.63) is 59.7 Å². The average molecular weight is 295 g/mol. The quantitative estimate of drug-likeness (QED) is 0.941. The Kier molecular flexibility index (Phi) is 3.45. The number of aliphatic imine (C=N–C) groups is 1. The molecule has 1 aliphatic rings. The topological polar surface area (TPSA) is 58.9 Å². The van der Waals surface area contributed by atoms with Crippen molar-refractivity contribution in [2.75, 3.05) is 6.61 Å². The maximum atomic E-state index is 11.0. The number of aromatic carboxylic acids is 1. The van der Waals surface area contributed by atoms with Crippen molar-refractivity contribution in [3.8, 4) is 11.1 Å². The number of benzene rings is 2. The zero-order valence-electron chi connectivity index (χ0n) is 12.5. The molecule has 0 atom stereocenters. The molecule has 1 N–H and O–H groups in total. The lowest BCUT2D eigenvalue weighted by Crippen LogP contribution is -2.17. The van der Waals surface area contributed by atoms with Gasteiger partial charge < -0.3 is 9.84 Å². The molecule has 3 rings (SSSR count). The zero-order chi connectivity index (χ0) is 15.7. The van der Waals surface area contributed by atoms with Gasteiger partial charge in [-0.15, -0.1) is 0 Å². The molecule has 0 saturated heterocycles. The Bertz CT molecular complexity index is 745. The highest BCUT2D eigenvalue weighted by molar-refractivity contribution is 6.02. The molecule has 4 nitrogen and oxygen atoms in total. The lowest BCUT2D eigenvalue weighted by molar-refractivity contribution is 0.0697. The molecule has 1 heterocycles. The fourth-order valence-corrected chi connectivity index (χ4v) is 2.44. The largest absolute Gasteiger partial charge is 0.478 e. The molecule has 22 heavy (non-hydrogen) atoms. The molecule has 0 amide bonds. The van der Waals surface area contributed by atoms with Crippen molar-refractivity contribution >= 4 is 11.9 Å². The fraction of sp³-hybridized carbons (Fsp3) is 0.222. The lowest BCUT2D eigenvalue weighted by Gasteiger charge is -2.09. The summed E-state index contributed by atoms with van der Waals surface area (Å²) in [5, 5.41) is 8.99. The number of carboxylic acids is 1. The minimum absolute atomic E-state index is 0.213. The molecule has 0 aromatic heterocycles. The number of carbonyl (C=O) groups is 1. The molecule has 2 aromatic rings. The predicted molar refractivity (Wildman–Crippen MR) is 85.4 cm³/mol. The number of nitrogens with zero attached hydrogens (tertiary/aromatic N) is 1. The summed E-state index contributed by atoms with van der Waals surface area (Å²) in [5.41, 5.74) is 2.91. The monoisotopic (exact) mass is 295 g/mol. The second kappa shape index (κ2) is 5.30. The molecule has 4 heteroatoms. The van der Waals surface area contributed by atoms with E-state index in [1.165, 1.54) is 0 Å². The van der Waals surface area contributed by atoms with Gasteiger partial charge >= 0.3 is 5.97 Å². The smallest absolute Gasteiger partial charge is 0.335 e. The number of hydrogen-bond donors (Lipinski definition) is 1. The maximum Gasteiger partial charge on any atom is 0.335 e. The van der Waals surface area contributed by atoms with E-state index in [1.807, 2.05) is 50.2 Å². The third-order valence-corrected chi connectivity index (χ3v) is 3.57. The molecule has 112 valence electrons. The van der Waals surface area contributed by atoms with Crippen molar-refractivity contribution < 1.29 is 14.6 Å². The summed E-state index contributed by atoms with van der Waals surface area (Å²) >= 11 is 0. The zero-order valence-corrected chi connectivity index (χ0v) is 12.5.